The van der Waals surface area contributed by atoms with E-state index in [0.717, 1.165) is 30.3 Å². The van der Waals surface area contributed by atoms with Crippen LogP contribution in [0, 0.1) is 0 Å². The molecule has 0 aromatic heterocycles. The summed E-state index contributed by atoms with van der Waals surface area (Å²) in [5.41, 5.74) is 1.84. The number of benzene rings is 1. The summed E-state index contributed by atoms with van der Waals surface area (Å²) in [5.74, 6) is -0.960. The number of carboxylic acid groups (broad SMARTS) is 1. The molecule has 0 aliphatic carbocycles. The summed E-state index contributed by atoms with van der Waals surface area (Å²) in [6, 6.07) is 7.62. The second-order valence-corrected chi connectivity index (χ2v) is 5.59. The molecular weight excluding hydrogens is 266 g/mol. The van der Waals surface area contributed by atoms with Gasteiger partial charge in [0.15, 0.2) is 0 Å². The molecule has 1 saturated heterocycles. The first-order chi connectivity index (χ1) is 10.1. The molecule has 1 aliphatic rings. The highest BCUT2D eigenvalue weighted by atomic mass is 16.4. The standard InChI is InChI=1S/C17H23NO3/c19-16(13-18-10-4-1-5-11-18)12-15-7-3-2-6-14(15)8-9-17(20)21/h2-3,6-9,16,19H,1,4-5,10-13H2,(H,20,21). The van der Waals surface area contributed by atoms with Crippen molar-refractivity contribution in [2.75, 3.05) is 19.6 Å². The summed E-state index contributed by atoms with van der Waals surface area (Å²) in [4.78, 5) is 12.9. The largest absolute Gasteiger partial charge is 0.478 e. The molecule has 1 aromatic carbocycles. The lowest BCUT2D eigenvalue weighted by molar-refractivity contribution is -0.131. The number of nitrogens with zero attached hydrogens (tertiary/aromatic N) is 1. The highest BCUT2D eigenvalue weighted by molar-refractivity contribution is 5.85. The highest BCUT2D eigenvalue weighted by Gasteiger charge is 2.15. The number of aliphatic hydroxyl groups is 1. The third-order valence-electron chi connectivity index (χ3n) is 3.83. The average Bonchev–Trinajstić information content (AvgIpc) is 2.47. The van der Waals surface area contributed by atoms with Crippen molar-refractivity contribution in [2.24, 2.45) is 0 Å². The van der Waals surface area contributed by atoms with Gasteiger partial charge in [0.1, 0.15) is 0 Å². The lowest BCUT2D eigenvalue weighted by atomic mass is 10.0. The number of carboxylic acids is 1. The number of aliphatic hydroxyl groups excluding tert-OH is 1. The Kier molecular flexibility index (Phi) is 5.96. The van der Waals surface area contributed by atoms with Gasteiger partial charge in [-0.25, -0.2) is 4.79 Å². The number of hydrogen-bond donors (Lipinski definition) is 2. The Morgan fingerprint density at radius 2 is 1.95 bits per heavy atom. The fraction of sp³-hybridized carbons (Fsp3) is 0.471. The number of hydrogen-bond acceptors (Lipinski definition) is 3. The van der Waals surface area contributed by atoms with E-state index in [1.807, 2.05) is 24.3 Å². The Morgan fingerprint density at radius 3 is 2.67 bits per heavy atom. The summed E-state index contributed by atoms with van der Waals surface area (Å²) in [7, 11) is 0. The Hall–Kier alpha value is -1.65. The van der Waals surface area contributed by atoms with E-state index in [-0.39, 0.29) is 0 Å². The normalized spacial score (nSPS) is 18.0. The van der Waals surface area contributed by atoms with Gasteiger partial charge in [-0.2, -0.15) is 0 Å². The van der Waals surface area contributed by atoms with Crippen LogP contribution in [0.2, 0.25) is 0 Å². The summed E-state index contributed by atoms with van der Waals surface area (Å²) in [6.45, 7) is 2.83. The maximum atomic E-state index is 10.6. The molecule has 0 bridgehead atoms. The summed E-state index contributed by atoms with van der Waals surface area (Å²) in [6.07, 6.45) is 6.57. The van der Waals surface area contributed by atoms with E-state index in [9.17, 15) is 9.90 Å². The Morgan fingerprint density at radius 1 is 1.24 bits per heavy atom. The highest BCUT2D eigenvalue weighted by Crippen LogP contribution is 2.15. The SMILES string of the molecule is O=C(O)C=Cc1ccccc1CC(O)CN1CCCCC1. The van der Waals surface area contributed by atoms with E-state index >= 15 is 0 Å². The Labute approximate surface area is 125 Å². The topological polar surface area (TPSA) is 60.8 Å². The second kappa shape index (κ2) is 7.96. The van der Waals surface area contributed by atoms with E-state index in [0.29, 0.717) is 13.0 Å². The van der Waals surface area contributed by atoms with E-state index < -0.39 is 12.1 Å². The molecule has 114 valence electrons. The number of piperidine rings is 1. The molecule has 0 amide bonds. The number of likely N-dealkylation sites (tertiary alicyclic amines) is 1. The second-order valence-electron chi connectivity index (χ2n) is 5.59. The van der Waals surface area contributed by atoms with Crippen molar-refractivity contribution in [3.05, 3.63) is 41.5 Å². The van der Waals surface area contributed by atoms with Crippen LogP contribution in [-0.2, 0) is 11.2 Å². The average molecular weight is 289 g/mol. The van der Waals surface area contributed by atoms with Crippen LogP contribution >= 0.6 is 0 Å². The van der Waals surface area contributed by atoms with Gasteiger partial charge in [-0.15, -0.1) is 0 Å². The van der Waals surface area contributed by atoms with Crippen molar-refractivity contribution in [1.82, 2.24) is 4.90 Å². The molecule has 2 rings (SSSR count). The molecule has 1 atom stereocenters. The number of carbonyl (C=O) groups is 1. The molecule has 0 saturated carbocycles. The molecule has 21 heavy (non-hydrogen) atoms. The minimum Gasteiger partial charge on any atom is -0.478 e. The first-order valence-corrected chi connectivity index (χ1v) is 7.54. The van der Waals surface area contributed by atoms with Crippen molar-refractivity contribution >= 4 is 12.0 Å². The molecule has 0 spiro atoms. The van der Waals surface area contributed by atoms with Crippen LogP contribution in [0.3, 0.4) is 0 Å². The van der Waals surface area contributed by atoms with E-state index in [2.05, 4.69) is 4.90 Å². The zero-order valence-corrected chi connectivity index (χ0v) is 12.2. The van der Waals surface area contributed by atoms with Gasteiger partial charge in [-0.1, -0.05) is 30.7 Å². The number of rotatable bonds is 6. The van der Waals surface area contributed by atoms with Crippen molar-refractivity contribution < 1.29 is 15.0 Å². The zero-order chi connectivity index (χ0) is 15.1. The van der Waals surface area contributed by atoms with Crippen molar-refractivity contribution in [2.45, 2.75) is 31.8 Å². The van der Waals surface area contributed by atoms with Gasteiger partial charge in [0.25, 0.3) is 0 Å². The fourth-order valence-corrected chi connectivity index (χ4v) is 2.80. The Bertz CT molecular complexity index is 493. The van der Waals surface area contributed by atoms with Crippen LogP contribution in [0.25, 0.3) is 6.08 Å². The summed E-state index contributed by atoms with van der Waals surface area (Å²) >= 11 is 0. The van der Waals surface area contributed by atoms with Gasteiger partial charge in [0.2, 0.25) is 0 Å². The smallest absolute Gasteiger partial charge is 0.328 e. The van der Waals surface area contributed by atoms with Crippen molar-refractivity contribution in [3.63, 3.8) is 0 Å². The van der Waals surface area contributed by atoms with Crippen LogP contribution in [0.1, 0.15) is 30.4 Å². The number of aliphatic carboxylic acids is 1. The van der Waals surface area contributed by atoms with Gasteiger partial charge in [0.05, 0.1) is 6.10 Å². The maximum Gasteiger partial charge on any atom is 0.328 e. The maximum absolute atomic E-state index is 10.6. The summed E-state index contributed by atoms with van der Waals surface area (Å²) < 4.78 is 0. The monoisotopic (exact) mass is 289 g/mol. The third-order valence-corrected chi connectivity index (χ3v) is 3.83. The molecule has 4 heteroatoms. The predicted octanol–water partition coefficient (Wildman–Crippen LogP) is 2.17. The molecule has 1 unspecified atom stereocenters. The minimum absolute atomic E-state index is 0.414. The molecule has 2 N–H and O–H groups in total. The molecule has 1 heterocycles. The van der Waals surface area contributed by atoms with Gasteiger partial charge in [0, 0.05) is 19.0 Å². The first-order valence-electron chi connectivity index (χ1n) is 7.54. The molecule has 0 radical (unpaired) electrons. The van der Waals surface area contributed by atoms with E-state index in [4.69, 9.17) is 5.11 Å². The first kappa shape index (κ1) is 15.7. The molecule has 1 aromatic rings. The van der Waals surface area contributed by atoms with Crippen LogP contribution in [-0.4, -0.2) is 46.8 Å². The van der Waals surface area contributed by atoms with Crippen LogP contribution < -0.4 is 0 Å². The summed E-state index contributed by atoms with van der Waals surface area (Å²) in [5, 5.41) is 19.0. The molecule has 4 nitrogen and oxygen atoms in total. The van der Waals surface area contributed by atoms with Gasteiger partial charge >= 0.3 is 5.97 Å². The van der Waals surface area contributed by atoms with Crippen molar-refractivity contribution in [1.29, 1.82) is 0 Å². The molecular formula is C17H23NO3. The number of β-amino-alcohol motifs (C(OH)–C–C–N with tert-alkyl or cyclic N) is 1. The molecule has 1 aliphatic heterocycles. The molecule has 1 fully saturated rings. The van der Waals surface area contributed by atoms with Crippen LogP contribution in [0.5, 0.6) is 0 Å². The quantitative estimate of drug-likeness (QED) is 0.788. The lowest BCUT2D eigenvalue weighted by Crippen LogP contribution is -2.37. The van der Waals surface area contributed by atoms with Crippen molar-refractivity contribution in [3.8, 4) is 0 Å². The van der Waals surface area contributed by atoms with Crippen LogP contribution in [0.15, 0.2) is 30.3 Å². The van der Waals surface area contributed by atoms with Gasteiger partial charge in [-0.3, -0.25) is 0 Å². The predicted molar refractivity (Wildman–Crippen MR) is 83.1 cm³/mol. The van der Waals surface area contributed by atoms with E-state index in [1.165, 1.54) is 19.3 Å². The third kappa shape index (κ3) is 5.33. The van der Waals surface area contributed by atoms with Gasteiger partial charge in [-0.05, 0) is 43.1 Å². The lowest BCUT2D eigenvalue weighted by Gasteiger charge is -2.28. The zero-order valence-electron chi connectivity index (χ0n) is 12.2. The van der Waals surface area contributed by atoms with Crippen LogP contribution in [0.4, 0.5) is 0 Å². The van der Waals surface area contributed by atoms with E-state index in [1.54, 1.807) is 6.08 Å². The Balaban J connectivity index is 1.96. The fourth-order valence-electron chi connectivity index (χ4n) is 2.80. The minimum atomic E-state index is -0.960. The van der Waals surface area contributed by atoms with Gasteiger partial charge < -0.3 is 15.1 Å².